The third kappa shape index (κ3) is 15.2. The van der Waals surface area contributed by atoms with Crippen LogP contribution in [0.3, 0.4) is 0 Å². The Kier molecular flexibility index (Phi) is 17.1. The Labute approximate surface area is 372 Å². The van der Waals surface area contributed by atoms with Gasteiger partial charge in [0.15, 0.2) is 0 Å². The van der Waals surface area contributed by atoms with E-state index in [-0.39, 0.29) is 18.1 Å². The molecule has 3 amide bonds. The van der Waals surface area contributed by atoms with Crippen LogP contribution in [0.5, 0.6) is 17.2 Å². The van der Waals surface area contributed by atoms with E-state index in [4.69, 9.17) is 28.4 Å². The highest BCUT2D eigenvalue weighted by Gasteiger charge is 2.34. The molecule has 348 valence electrons. The summed E-state index contributed by atoms with van der Waals surface area (Å²) in [5.41, 5.74) is 4.63. The van der Waals surface area contributed by atoms with Crippen LogP contribution in [0.1, 0.15) is 95.7 Å². The first-order valence-corrected chi connectivity index (χ1v) is 21.4. The molecule has 15 nitrogen and oxygen atoms in total. The smallest absolute Gasteiger partial charge is 0.407 e. The first-order chi connectivity index (χ1) is 29.4. The van der Waals surface area contributed by atoms with Crippen LogP contribution in [0.4, 0.5) is 14.4 Å². The lowest BCUT2D eigenvalue weighted by molar-refractivity contribution is 0.0404. The van der Waals surface area contributed by atoms with Crippen LogP contribution < -0.4 is 30.2 Å². The number of rotatable bonds is 6. The molecule has 63 heavy (non-hydrogen) atoms. The summed E-state index contributed by atoms with van der Waals surface area (Å²) in [6.45, 7) is 16.3. The molecule has 3 aromatic carbocycles. The Morgan fingerprint density at radius 3 is 0.889 bits per heavy atom. The summed E-state index contributed by atoms with van der Waals surface area (Å²) in [7, 11) is 4.85. The molecule has 15 heteroatoms. The zero-order chi connectivity index (χ0) is 46.9. The largest absolute Gasteiger partial charge is 0.496 e. The zero-order valence-corrected chi connectivity index (χ0v) is 38.9. The van der Waals surface area contributed by atoms with Crippen LogP contribution in [-0.2, 0) is 52.7 Å². The van der Waals surface area contributed by atoms with Crippen molar-refractivity contribution >= 4 is 18.3 Å². The number of amides is 3. The van der Waals surface area contributed by atoms with E-state index in [1.54, 1.807) is 21.3 Å². The summed E-state index contributed by atoms with van der Waals surface area (Å²) in [6, 6.07) is 16.3. The Bertz CT molecular complexity index is 1790. The second-order valence-electron chi connectivity index (χ2n) is 19.0. The number of ether oxygens (including phenoxy) is 6. The van der Waals surface area contributed by atoms with Crippen molar-refractivity contribution in [3.8, 4) is 17.2 Å². The number of alkyl carbamates (subject to hydrolysis) is 3. The van der Waals surface area contributed by atoms with Gasteiger partial charge in [0.25, 0.3) is 0 Å². The lowest BCUT2D eigenvalue weighted by Crippen LogP contribution is -2.49. The van der Waals surface area contributed by atoms with E-state index in [2.05, 4.69) is 16.0 Å². The van der Waals surface area contributed by atoms with Gasteiger partial charge in [0.1, 0.15) is 34.1 Å². The Morgan fingerprint density at radius 1 is 0.444 bits per heavy atom. The van der Waals surface area contributed by atoms with E-state index < -0.39 is 53.4 Å². The van der Waals surface area contributed by atoms with Crippen LogP contribution in [0.2, 0.25) is 0 Å². The highest BCUT2D eigenvalue weighted by molar-refractivity contribution is 5.69. The molecule has 0 saturated carbocycles. The number of methoxy groups -OCH3 is 3. The fourth-order valence-electron chi connectivity index (χ4n) is 7.67. The molecule has 0 spiro atoms. The van der Waals surface area contributed by atoms with Crippen molar-refractivity contribution in [1.82, 2.24) is 16.0 Å². The molecule has 0 aliphatic heterocycles. The number of aliphatic hydroxyl groups is 3. The third-order valence-electron chi connectivity index (χ3n) is 10.4. The molecule has 0 aromatic heterocycles. The number of nitrogens with one attached hydrogen (secondary N) is 3. The summed E-state index contributed by atoms with van der Waals surface area (Å²) in [5, 5.41) is 39.0. The molecule has 3 aromatic rings. The minimum atomic E-state index is -0.652. The van der Waals surface area contributed by atoms with Gasteiger partial charge in [0.2, 0.25) is 0 Å². The van der Waals surface area contributed by atoms with Crippen molar-refractivity contribution in [2.45, 2.75) is 154 Å². The normalized spacial score (nSPS) is 21.4. The maximum Gasteiger partial charge on any atom is 0.407 e. The monoisotopic (exact) mass is 879 g/mol. The standard InChI is InChI=1S/3C16H23NO4/c3*1-16(2,3)21-15(19)17-12-8-10-6-5-7-14(20-4)11(10)9-13(12)18/h3*5-7,12-13,18H,8-9H2,1-4H3,(H,17,19)/t3*12-,13-/m110/s1. The van der Waals surface area contributed by atoms with Crippen molar-refractivity contribution in [3.05, 3.63) is 88.0 Å². The average molecular weight is 880 g/mol. The van der Waals surface area contributed by atoms with Crippen LogP contribution in [0.15, 0.2) is 54.6 Å². The third-order valence-corrected chi connectivity index (χ3v) is 10.4. The lowest BCUT2D eigenvalue weighted by atomic mass is 9.85. The minimum Gasteiger partial charge on any atom is -0.496 e. The summed E-state index contributed by atoms with van der Waals surface area (Å²) < 4.78 is 31.7. The molecule has 0 bridgehead atoms. The van der Waals surface area contributed by atoms with Crippen molar-refractivity contribution in [2.75, 3.05) is 21.3 Å². The van der Waals surface area contributed by atoms with Crippen molar-refractivity contribution in [1.29, 1.82) is 0 Å². The summed E-state index contributed by atoms with van der Waals surface area (Å²) >= 11 is 0. The minimum absolute atomic E-state index is 0.348. The molecule has 6 N–H and O–H groups in total. The molecule has 0 unspecified atom stereocenters. The van der Waals surface area contributed by atoms with Crippen LogP contribution >= 0.6 is 0 Å². The van der Waals surface area contributed by atoms with E-state index in [9.17, 15) is 29.7 Å². The van der Waals surface area contributed by atoms with E-state index in [1.165, 1.54) is 0 Å². The van der Waals surface area contributed by atoms with Gasteiger partial charge < -0.3 is 59.7 Å². The van der Waals surface area contributed by atoms with E-state index >= 15 is 0 Å². The number of benzene rings is 3. The SMILES string of the molecule is COc1cccc2c1C[C@@H](O)[C@H](NC(=O)OC(C)(C)C)C2.COc1cccc2c1C[C@@H](O)[C@H](NC(=O)OC(C)(C)C)C2.COc1cccc2c1C[C@H](O)[C@@H](NC(=O)OC(C)(C)C)C2. The summed E-state index contributed by atoms with van der Waals surface area (Å²) in [5.74, 6) is 2.34. The van der Waals surface area contributed by atoms with Gasteiger partial charge in [0.05, 0.1) is 57.8 Å². The zero-order valence-electron chi connectivity index (χ0n) is 38.9. The maximum absolute atomic E-state index is 11.8. The van der Waals surface area contributed by atoms with Gasteiger partial charge >= 0.3 is 18.3 Å². The highest BCUT2D eigenvalue weighted by Crippen LogP contribution is 2.32. The van der Waals surface area contributed by atoms with E-state index in [1.807, 2.05) is 117 Å². The van der Waals surface area contributed by atoms with Crippen LogP contribution in [-0.4, -0.2) is 108 Å². The fourth-order valence-corrected chi connectivity index (χ4v) is 7.67. The molecule has 0 fully saturated rings. The lowest BCUT2D eigenvalue weighted by Gasteiger charge is -2.32. The number of hydrogen-bond acceptors (Lipinski definition) is 12. The molecule has 3 aliphatic rings. The fraction of sp³-hybridized carbons (Fsp3) is 0.562. The number of fused-ring (bicyclic) bond motifs is 3. The number of carbonyl (C=O) groups excluding carboxylic acids is 3. The second kappa shape index (κ2) is 21.4. The van der Waals surface area contributed by atoms with Gasteiger partial charge in [-0.2, -0.15) is 0 Å². The Hall–Kier alpha value is -5.25. The first-order valence-electron chi connectivity index (χ1n) is 21.4. The highest BCUT2D eigenvalue weighted by atomic mass is 16.6. The predicted octanol–water partition coefficient (Wildman–Crippen LogP) is 6.14. The van der Waals surface area contributed by atoms with Gasteiger partial charge in [-0.15, -0.1) is 0 Å². The number of carbonyl (C=O) groups is 3. The van der Waals surface area contributed by atoms with Gasteiger partial charge in [-0.3, -0.25) is 0 Å². The number of aliphatic hydroxyl groups excluding tert-OH is 3. The van der Waals surface area contributed by atoms with Gasteiger partial charge in [-0.1, -0.05) is 36.4 Å². The first kappa shape index (κ1) is 50.4. The molecule has 0 radical (unpaired) electrons. The second-order valence-corrected chi connectivity index (χ2v) is 19.0. The molecular weight excluding hydrogens is 811 g/mol. The van der Waals surface area contributed by atoms with Gasteiger partial charge in [0, 0.05) is 36.0 Å². The van der Waals surface area contributed by atoms with E-state index in [0.717, 1.165) is 50.6 Å². The molecule has 0 saturated heterocycles. The van der Waals surface area contributed by atoms with Gasteiger partial charge in [-0.05, 0) is 116 Å². The average Bonchev–Trinajstić information content (AvgIpc) is 3.16. The number of hydrogen-bond donors (Lipinski definition) is 6. The molecule has 6 atom stereocenters. The molecule has 6 rings (SSSR count). The van der Waals surface area contributed by atoms with Crippen molar-refractivity contribution in [2.24, 2.45) is 0 Å². The van der Waals surface area contributed by atoms with Crippen LogP contribution in [0.25, 0.3) is 0 Å². The van der Waals surface area contributed by atoms with Crippen molar-refractivity contribution in [3.63, 3.8) is 0 Å². The predicted molar refractivity (Wildman–Crippen MR) is 239 cm³/mol. The molecular formula is C48H69N3O12. The van der Waals surface area contributed by atoms with Crippen LogP contribution in [0, 0.1) is 0 Å². The topological polar surface area (TPSA) is 203 Å². The molecule has 3 aliphatic carbocycles. The molecule has 0 heterocycles. The summed E-state index contributed by atoms with van der Waals surface area (Å²) in [4.78, 5) is 35.5. The van der Waals surface area contributed by atoms with Gasteiger partial charge in [-0.25, -0.2) is 14.4 Å². The summed E-state index contributed by atoms with van der Waals surface area (Å²) in [6.07, 6.45) is -0.399. The quantitative estimate of drug-likeness (QED) is 0.155. The maximum atomic E-state index is 11.8. The van der Waals surface area contributed by atoms with E-state index in [0.29, 0.717) is 38.5 Å². The Morgan fingerprint density at radius 2 is 0.683 bits per heavy atom. The Balaban J connectivity index is 0.000000207. The van der Waals surface area contributed by atoms with Crippen molar-refractivity contribution < 1.29 is 58.1 Å².